The van der Waals surface area contributed by atoms with Crippen LogP contribution >= 0.6 is 0 Å². The average molecular weight is 315 g/mol. The van der Waals surface area contributed by atoms with Crippen LogP contribution in [0, 0.1) is 5.92 Å². The number of amides is 1. The Kier molecular flexibility index (Phi) is 5.68. The topological polar surface area (TPSA) is 49.6 Å². The Morgan fingerprint density at radius 2 is 1.74 bits per heavy atom. The number of piperidine rings is 1. The zero-order chi connectivity index (χ0) is 16.1. The van der Waals surface area contributed by atoms with E-state index in [1.54, 1.807) is 0 Å². The largest absolute Gasteiger partial charge is 0.342 e. The number of benzene rings is 1. The van der Waals surface area contributed by atoms with Gasteiger partial charge in [0.15, 0.2) is 0 Å². The van der Waals surface area contributed by atoms with E-state index in [1.165, 1.54) is 32.5 Å². The Morgan fingerprint density at radius 3 is 2.35 bits per heavy atom. The van der Waals surface area contributed by atoms with Crippen molar-refractivity contribution in [3.8, 4) is 0 Å². The number of carbonyl (C=O) groups excluding carboxylic acids is 1. The molecule has 2 saturated heterocycles. The lowest BCUT2D eigenvalue weighted by molar-refractivity contribution is -0.134. The Labute approximate surface area is 139 Å². The third kappa shape index (κ3) is 4.12. The standard InChI is InChI=1S/C19H29N3O/c20-14-18(17-6-2-1-3-7-17)19(23)22-12-8-16(9-13-22)15-21-10-4-5-11-21/h1-3,6-7,16,18H,4-5,8-15,20H2. The molecule has 2 heterocycles. The number of hydrogen-bond acceptors (Lipinski definition) is 3. The molecule has 1 aromatic carbocycles. The van der Waals surface area contributed by atoms with E-state index >= 15 is 0 Å². The zero-order valence-electron chi connectivity index (χ0n) is 14.0. The van der Waals surface area contributed by atoms with Crippen LogP contribution in [0.1, 0.15) is 37.2 Å². The number of nitrogens with two attached hydrogens (primary N) is 1. The molecule has 0 aromatic heterocycles. The van der Waals surface area contributed by atoms with Crippen molar-refractivity contribution in [3.63, 3.8) is 0 Å². The average Bonchev–Trinajstić information content (AvgIpc) is 3.10. The maximum atomic E-state index is 12.8. The van der Waals surface area contributed by atoms with Crippen molar-refractivity contribution in [3.05, 3.63) is 35.9 Å². The maximum Gasteiger partial charge on any atom is 0.231 e. The summed E-state index contributed by atoms with van der Waals surface area (Å²) in [5, 5.41) is 0. The molecule has 1 unspecified atom stereocenters. The number of nitrogens with zero attached hydrogens (tertiary/aromatic N) is 2. The Hall–Kier alpha value is -1.39. The van der Waals surface area contributed by atoms with E-state index < -0.39 is 0 Å². The molecule has 2 fully saturated rings. The van der Waals surface area contributed by atoms with E-state index in [0.29, 0.717) is 6.54 Å². The second kappa shape index (κ2) is 7.93. The normalized spacial score (nSPS) is 21.5. The molecular weight excluding hydrogens is 286 g/mol. The van der Waals surface area contributed by atoms with Crippen LogP contribution in [0.4, 0.5) is 0 Å². The predicted octanol–water partition coefficient (Wildman–Crippen LogP) is 2.06. The van der Waals surface area contributed by atoms with Crippen LogP contribution < -0.4 is 5.73 Å². The molecule has 1 atom stereocenters. The summed E-state index contributed by atoms with van der Waals surface area (Å²) < 4.78 is 0. The molecule has 2 aliphatic heterocycles. The lowest BCUT2D eigenvalue weighted by Gasteiger charge is -2.35. The van der Waals surface area contributed by atoms with Gasteiger partial charge < -0.3 is 15.5 Å². The van der Waals surface area contributed by atoms with Crippen molar-refractivity contribution in [2.75, 3.05) is 39.3 Å². The van der Waals surface area contributed by atoms with Gasteiger partial charge in [0.2, 0.25) is 5.91 Å². The van der Waals surface area contributed by atoms with Crippen LogP contribution in [0.25, 0.3) is 0 Å². The minimum absolute atomic E-state index is 0.189. The zero-order valence-corrected chi connectivity index (χ0v) is 14.0. The highest BCUT2D eigenvalue weighted by molar-refractivity contribution is 5.84. The van der Waals surface area contributed by atoms with Gasteiger partial charge in [-0.2, -0.15) is 0 Å². The van der Waals surface area contributed by atoms with Gasteiger partial charge >= 0.3 is 0 Å². The summed E-state index contributed by atoms with van der Waals surface area (Å²) in [6.07, 6.45) is 4.97. The summed E-state index contributed by atoms with van der Waals surface area (Å²) in [6, 6.07) is 9.96. The van der Waals surface area contributed by atoms with Crippen LogP contribution in [0.15, 0.2) is 30.3 Å². The van der Waals surface area contributed by atoms with E-state index in [1.807, 2.05) is 35.2 Å². The first-order valence-corrected chi connectivity index (χ1v) is 9.04. The van der Waals surface area contributed by atoms with Crippen LogP contribution in [0.3, 0.4) is 0 Å². The van der Waals surface area contributed by atoms with E-state index in [2.05, 4.69) is 4.90 Å². The van der Waals surface area contributed by atoms with Crippen LogP contribution in [-0.2, 0) is 4.79 Å². The maximum absolute atomic E-state index is 12.8. The summed E-state index contributed by atoms with van der Waals surface area (Å²) >= 11 is 0. The molecule has 0 spiro atoms. The van der Waals surface area contributed by atoms with Crippen molar-refractivity contribution >= 4 is 5.91 Å². The van der Waals surface area contributed by atoms with Crippen LogP contribution in [-0.4, -0.2) is 55.0 Å². The molecule has 0 saturated carbocycles. The minimum atomic E-state index is -0.189. The first kappa shape index (κ1) is 16.5. The second-order valence-electron chi connectivity index (χ2n) is 6.98. The third-order valence-electron chi connectivity index (χ3n) is 5.38. The Balaban J connectivity index is 1.52. The van der Waals surface area contributed by atoms with Gasteiger partial charge in [-0.25, -0.2) is 0 Å². The van der Waals surface area contributed by atoms with E-state index in [-0.39, 0.29) is 11.8 Å². The molecule has 23 heavy (non-hydrogen) atoms. The molecule has 4 heteroatoms. The number of likely N-dealkylation sites (tertiary alicyclic amines) is 2. The van der Waals surface area contributed by atoms with E-state index in [4.69, 9.17) is 5.73 Å². The molecule has 3 rings (SSSR count). The van der Waals surface area contributed by atoms with Gasteiger partial charge in [0.05, 0.1) is 5.92 Å². The highest BCUT2D eigenvalue weighted by Crippen LogP contribution is 2.24. The first-order chi connectivity index (χ1) is 11.3. The molecule has 4 nitrogen and oxygen atoms in total. The summed E-state index contributed by atoms with van der Waals surface area (Å²) in [5.74, 6) is 0.773. The first-order valence-electron chi connectivity index (χ1n) is 9.04. The summed E-state index contributed by atoms with van der Waals surface area (Å²) in [4.78, 5) is 17.4. The molecular formula is C19H29N3O. The fraction of sp³-hybridized carbons (Fsp3) is 0.632. The quantitative estimate of drug-likeness (QED) is 0.905. The van der Waals surface area contributed by atoms with Gasteiger partial charge in [0.1, 0.15) is 0 Å². The number of rotatable bonds is 5. The highest BCUT2D eigenvalue weighted by atomic mass is 16.2. The Morgan fingerprint density at radius 1 is 1.09 bits per heavy atom. The smallest absolute Gasteiger partial charge is 0.231 e. The predicted molar refractivity (Wildman–Crippen MR) is 93.2 cm³/mol. The van der Waals surface area contributed by atoms with Crippen molar-refractivity contribution in [1.82, 2.24) is 9.80 Å². The van der Waals surface area contributed by atoms with E-state index in [9.17, 15) is 4.79 Å². The lowest BCUT2D eigenvalue weighted by Crippen LogP contribution is -2.44. The minimum Gasteiger partial charge on any atom is -0.342 e. The van der Waals surface area contributed by atoms with Crippen molar-refractivity contribution < 1.29 is 4.79 Å². The summed E-state index contributed by atoms with van der Waals surface area (Å²) in [6.45, 7) is 5.92. The second-order valence-corrected chi connectivity index (χ2v) is 6.98. The van der Waals surface area contributed by atoms with Gasteiger partial charge in [0.25, 0.3) is 0 Å². The van der Waals surface area contributed by atoms with Gasteiger partial charge in [-0.3, -0.25) is 4.79 Å². The number of hydrogen-bond donors (Lipinski definition) is 1. The fourth-order valence-corrected chi connectivity index (χ4v) is 3.95. The van der Waals surface area contributed by atoms with Gasteiger partial charge in [-0.05, 0) is 50.3 Å². The molecule has 2 aliphatic rings. The Bertz CT molecular complexity index is 491. The molecule has 126 valence electrons. The summed E-state index contributed by atoms with van der Waals surface area (Å²) in [5.41, 5.74) is 6.94. The number of carbonyl (C=O) groups is 1. The van der Waals surface area contributed by atoms with Gasteiger partial charge in [-0.15, -0.1) is 0 Å². The molecule has 2 N–H and O–H groups in total. The molecule has 1 amide bonds. The SMILES string of the molecule is NCC(C(=O)N1CCC(CN2CCCC2)CC1)c1ccccc1. The van der Waals surface area contributed by atoms with Gasteiger partial charge in [0, 0.05) is 26.2 Å². The molecule has 0 aliphatic carbocycles. The lowest BCUT2D eigenvalue weighted by atomic mass is 9.93. The van der Waals surface area contributed by atoms with Crippen molar-refractivity contribution in [2.45, 2.75) is 31.6 Å². The monoisotopic (exact) mass is 315 g/mol. The van der Waals surface area contributed by atoms with Crippen LogP contribution in [0.5, 0.6) is 0 Å². The van der Waals surface area contributed by atoms with Crippen LogP contribution in [0.2, 0.25) is 0 Å². The summed E-state index contributed by atoms with van der Waals surface area (Å²) in [7, 11) is 0. The fourth-order valence-electron chi connectivity index (χ4n) is 3.95. The highest BCUT2D eigenvalue weighted by Gasteiger charge is 2.29. The third-order valence-corrected chi connectivity index (χ3v) is 5.38. The molecule has 0 radical (unpaired) electrons. The molecule has 1 aromatic rings. The van der Waals surface area contributed by atoms with E-state index in [0.717, 1.165) is 37.4 Å². The molecule has 0 bridgehead atoms. The van der Waals surface area contributed by atoms with Gasteiger partial charge in [-0.1, -0.05) is 30.3 Å². The van der Waals surface area contributed by atoms with Crippen molar-refractivity contribution in [1.29, 1.82) is 0 Å². The van der Waals surface area contributed by atoms with Crippen molar-refractivity contribution in [2.24, 2.45) is 11.7 Å².